The highest BCUT2D eigenvalue weighted by molar-refractivity contribution is 9.10. The third-order valence-corrected chi connectivity index (χ3v) is 3.28. The van der Waals surface area contributed by atoms with E-state index in [9.17, 15) is 4.39 Å². The maximum atomic E-state index is 13.3. The zero-order chi connectivity index (χ0) is 13.1. The molecule has 0 saturated heterocycles. The molecule has 0 fully saturated rings. The molecule has 17 heavy (non-hydrogen) atoms. The van der Waals surface area contributed by atoms with Crippen LogP contribution >= 0.6 is 15.9 Å². The van der Waals surface area contributed by atoms with Gasteiger partial charge in [-0.1, -0.05) is 36.7 Å². The molecule has 1 N–H and O–H groups in total. The van der Waals surface area contributed by atoms with E-state index in [2.05, 4.69) is 42.0 Å². The van der Waals surface area contributed by atoms with Gasteiger partial charge in [0.15, 0.2) is 0 Å². The maximum Gasteiger partial charge on any atom is 0.124 e. The van der Waals surface area contributed by atoms with E-state index in [0.29, 0.717) is 5.41 Å². The van der Waals surface area contributed by atoms with Crippen LogP contribution in [0.15, 0.2) is 22.7 Å². The second-order valence-corrected chi connectivity index (χ2v) is 6.56. The van der Waals surface area contributed by atoms with Crippen molar-refractivity contribution in [3.8, 4) is 0 Å². The van der Waals surface area contributed by atoms with E-state index in [1.807, 2.05) is 13.1 Å². The summed E-state index contributed by atoms with van der Waals surface area (Å²) in [5.74, 6) is -0.189. The molecule has 1 unspecified atom stereocenters. The number of hydrogen-bond acceptors (Lipinski definition) is 1. The van der Waals surface area contributed by atoms with Gasteiger partial charge in [-0.25, -0.2) is 4.39 Å². The topological polar surface area (TPSA) is 12.0 Å². The zero-order valence-electron chi connectivity index (χ0n) is 11.0. The van der Waals surface area contributed by atoms with E-state index in [1.54, 1.807) is 6.07 Å². The van der Waals surface area contributed by atoms with Gasteiger partial charge in [-0.05, 0) is 49.1 Å². The van der Waals surface area contributed by atoms with Crippen molar-refractivity contribution in [2.24, 2.45) is 5.41 Å². The van der Waals surface area contributed by atoms with Gasteiger partial charge in [0, 0.05) is 10.5 Å². The Kier molecular flexibility index (Phi) is 5.14. The molecule has 0 heterocycles. The number of rotatable bonds is 4. The number of benzene rings is 1. The molecule has 0 amide bonds. The van der Waals surface area contributed by atoms with Crippen LogP contribution < -0.4 is 5.32 Å². The van der Waals surface area contributed by atoms with Crippen LogP contribution in [-0.4, -0.2) is 7.05 Å². The molecule has 0 saturated carbocycles. The van der Waals surface area contributed by atoms with Crippen LogP contribution in [0.1, 0.15) is 45.2 Å². The molecule has 1 rings (SSSR count). The van der Waals surface area contributed by atoms with E-state index >= 15 is 0 Å². The van der Waals surface area contributed by atoms with Gasteiger partial charge >= 0.3 is 0 Å². The smallest absolute Gasteiger partial charge is 0.124 e. The van der Waals surface area contributed by atoms with Gasteiger partial charge in [-0.15, -0.1) is 0 Å². The molecule has 0 radical (unpaired) electrons. The molecular weight excluding hydrogens is 281 g/mol. The van der Waals surface area contributed by atoms with Crippen molar-refractivity contribution in [2.45, 2.75) is 39.7 Å². The molecule has 1 aromatic carbocycles. The Morgan fingerprint density at radius 3 is 2.41 bits per heavy atom. The lowest BCUT2D eigenvalue weighted by molar-refractivity contribution is 0.337. The highest BCUT2D eigenvalue weighted by Crippen LogP contribution is 2.28. The Labute approximate surface area is 112 Å². The quantitative estimate of drug-likeness (QED) is 0.852. The Bertz CT molecular complexity index is 351. The summed E-state index contributed by atoms with van der Waals surface area (Å²) >= 11 is 3.33. The van der Waals surface area contributed by atoms with E-state index in [0.717, 1.165) is 22.9 Å². The van der Waals surface area contributed by atoms with Crippen LogP contribution in [0.5, 0.6) is 0 Å². The molecule has 0 spiro atoms. The van der Waals surface area contributed by atoms with Crippen LogP contribution in [0.4, 0.5) is 4.39 Å². The standard InChI is InChI=1S/C14H21BrFN/c1-14(2,3)6-5-13(17-4)10-7-11(15)9-12(16)8-10/h7-9,13,17H,5-6H2,1-4H3. The van der Waals surface area contributed by atoms with Gasteiger partial charge < -0.3 is 5.32 Å². The van der Waals surface area contributed by atoms with Crippen molar-refractivity contribution in [3.63, 3.8) is 0 Å². The molecule has 0 aliphatic heterocycles. The summed E-state index contributed by atoms with van der Waals surface area (Å²) in [6, 6.07) is 5.28. The van der Waals surface area contributed by atoms with Crippen LogP contribution in [-0.2, 0) is 0 Å². The normalized spacial score (nSPS) is 13.8. The molecule has 1 atom stereocenters. The fourth-order valence-electron chi connectivity index (χ4n) is 1.83. The maximum absolute atomic E-state index is 13.3. The number of nitrogens with one attached hydrogen (secondary N) is 1. The fraction of sp³-hybridized carbons (Fsp3) is 0.571. The summed E-state index contributed by atoms with van der Waals surface area (Å²) in [5, 5.41) is 3.26. The lowest BCUT2D eigenvalue weighted by atomic mass is 9.87. The van der Waals surface area contributed by atoms with Gasteiger partial charge in [0.2, 0.25) is 0 Å². The van der Waals surface area contributed by atoms with E-state index < -0.39 is 0 Å². The Balaban J connectivity index is 2.79. The van der Waals surface area contributed by atoms with Gasteiger partial charge in [-0.2, -0.15) is 0 Å². The van der Waals surface area contributed by atoms with Gasteiger partial charge in [0.1, 0.15) is 5.82 Å². The zero-order valence-corrected chi connectivity index (χ0v) is 12.6. The van der Waals surface area contributed by atoms with E-state index in [1.165, 1.54) is 6.07 Å². The van der Waals surface area contributed by atoms with Crippen molar-refractivity contribution in [1.29, 1.82) is 0 Å². The van der Waals surface area contributed by atoms with Crippen LogP contribution in [0.25, 0.3) is 0 Å². The first kappa shape index (κ1) is 14.7. The van der Waals surface area contributed by atoms with E-state index in [-0.39, 0.29) is 11.9 Å². The van der Waals surface area contributed by atoms with Crippen LogP contribution in [0, 0.1) is 11.2 Å². The summed E-state index contributed by atoms with van der Waals surface area (Å²) < 4.78 is 14.1. The third-order valence-electron chi connectivity index (χ3n) is 2.82. The molecule has 0 aromatic heterocycles. The third kappa shape index (κ3) is 5.17. The highest BCUT2D eigenvalue weighted by atomic mass is 79.9. The molecular formula is C14H21BrFN. The molecule has 96 valence electrons. The van der Waals surface area contributed by atoms with Crippen molar-refractivity contribution < 1.29 is 4.39 Å². The fourth-order valence-corrected chi connectivity index (χ4v) is 2.31. The predicted octanol–water partition coefficient (Wildman–Crippen LogP) is 4.68. The summed E-state index contributed by atoms with van der Waals surface area (Å²) in [6.07, 6.45) is 2.11. The average Bonchev–Trinajstić information content (AvgIpc) is 2.15. The van der Waals surface area contributed by atoms with Crippen LogP contribution in [0.3, 0.4) is 0 Å². The van der Waals surface area contributed by atoms with Crippen molar-refractivity contribution in [2.75, 3.05) is 7.05 Å². The summed E-state index contributed by atoms with van der Waals surface area (Å²) in [4.78, 5) is 0. The summed E-state index contributed by atoms with van der Waals surface area (Å²) in [5.41, 5.74) is 1.31. The molecule has 3 heteroatoms. The minimum atomic E-state index is -0.189. The average molecular weight is 302 g/mol. The largest absolute Gasteiger partial charge is 0.313 e. The van der Waals surface area contributed by atoms with Gasteiger partial charge in [-0.3, -0.25) is 0 Å². The first-order valence-corrected chi connectivity index (χ1v) is 6.74. The number of halogens is 2. The van der Waals surface area contributed by atoms with Gasteiger partial charge in [0.25, 0.3) is 0 Å². The van der Waals surface area contributed by atoms with Crippen molar-refractivity contribution in [3.05, 3.63) is 34.1 Å². The molecule has 0 bridgehead atoms. The van der Waals surface area contributed by atoms with E-state index in [4.69, 9.17) is 0 Å². The molecule has 0 aliphatic carbocycles. The number of hydrogen-bond donors (Lipinski definition) is 1. The molecule has 1 nitrogen and oxygen atoms in total. The van der Waals surface area contributed by atoms with Crippen LogP contribution in [0.2, 0.25) is 0 Å². The molecule has 1 aromatic rings. The van der Waals surface area contributed by atoms with Crippen molar-refractivity contribution in [1.82, 2.24) is 5.32 Å². The lowest BCUT2D eigenvalue weighted by Gasteiger charge is -2.23. The molecule has 0 aliphatic rings. The monoisotopic (exact) mass is 301 g/mol. The summed E-state index contributed by atoms with van der Waals surface area (Å²) in [6.45, 7) is 6.67. The first-order chi connectivity index (χ1) is 7.81. The predicted molar refractivity (Wildman–Crippen MR) is 74.6 cm³/mol. The lowest BCUT2D eigenvalue weighted by Crippen LogP contribution is -2.19. The minimum Gasteiger partial charge on any atom is -0.313 e. The minimum absolute atomic E-state index is 0.189. The second kappa shape index (κ2) is 5.96. The van der Waals surface area contributed by atoms with Crippen molar-refractivity contribution >= 4 is 15.9 Å². The Morgan fingerprint density at radius 2 is 1.94 bits per heavy atom. The SMILES string of the molecule is CNC(CCC(C)(C)C)c1cc(F)cc(Br)c1. The highest BCUT2D eigenvalue weighted by Gasteiger charge is 2.16. The van der Waals surface area contributed by atoms with Gasteiger partial charge in [0.05, 0.1) is 0 Å². The Hall–Kier alpha value is -0.410. The summed E-state index contributed by atoms with van der Waals surface area (Å²) in [7, 11) is 1.92. The second-order valence-electron chi connectivity index (χ2n) is 5.64. The first-order valence-electron chi connectivity index (χ1n) is 5.95. The Morgan fingerprint density at radius 1 is 1.29 bits per heavy atom.